The summed E-state index contributed by atoms with van der Waals surface area (Å²) in [6.07, 6.45) is 1.02. The fraction of sp³-hybridized carbons (Fsp3) is 0.867. The number of halogens is 1. The number of likely N-dealkylation sites (N-methyl/N-ethyl adjacent to an activating group) is 1. The quantitative estimate of drug-likeness (QED) is 0.189. The first-order valence-corrected chi connectivity index (χ1v) is 7.83. The van der Waals surface area contributed by atoms with Crippen molar-refractivity contribution in [2.45, 2.75) is 27.2 Å². The number of nitrogens with zero attached hydrogens (tertiary/aromatic N) is 2. The highest BCUT2D eigenvalue weighted by Gasteiger charge is 2.24. The van der Waals surface area contributed by atoms with Crippen LogP contribution in [-0.2, 0) is 9.53 Å². The molecular formula is C15H34IN5O2. The van der Waals surface area contributed by atoms with Crippen molar-refractivity contribution in [2.24, 2.45) is 16.1 Å². The molecule has 0 aliphatic carbocycles. The third kappa shape index (κ3) is 12.5. The van der Waals surface area contributed by atoms with E-state index in [-0.39, 0.29) is 29.9 Å². The van der Waals surface area contributed by atoms with Crippen molar-refractivity contribution in [1.29, 1.82) is 0 Å². The Kier molecular flexibility index (Phi) is 14.8. The lowest BCUT2D eigenvalue weighted by Crippen LogP contribution is -2.42. The highest BCUT2D eigenvalue weighted by Crippen LogP contribution is 2.13. The second-order valence-corrected chi connectivity index (χ2v) is 6.02. The van der Waals surface area contributed by atoms with Crippen LogP contribution in [0.3, 0.4) is 0 Å². The van der Waals surface area contributed by atoms with Gasteiger partial charge in [-0.25, -0.2) is 0 Å². The Morgan fingerprint density at radius 1 is 1.30 bits per heavy atom. The number of nitrogens with one attached hydrogen (secondary N) is 2. The number of ether oxygens (including phenoxy) is 1. The Morgan fingerprint density at radius 2 is 1.96 bits per heavy atom. The second-order valence-electron chi connectivity index (χ2n) is 6.02. The molecule has 8 heteroatoms. The number of nitrogens with two attached hydrogens (primary N) is 1. The maximum atomic E-state index is 11.3. The number of primary amides is 1. The SMILES string of the molecule is CCNC(=NCC(C)(C)C(N)=O)NCCN(C)CCCOC.I. The zero-order valence-corrected chi connectivity index (χ0v) is 17.5. The largest absolute Gasteiger partial charge is 0.385 e. The third-order valence-electron chi connectivity index (χ3n) is 3.32. The van der Waals surface area contributed by atoms with Gasteiger partial charge in [-0.05, 0) is 34.2 Å². The first-order chi connectivity index (χ1) is 10.3. The van der Waals surface area contributed by atoms with Crippen molar-refractivity contribution in [3.8, 4) is 0 Å². The van der Waals surface area contributed by atoms with Gasteiger partial charge >= 0.3 is 0 Å². The van der Waals surface area contributed by atoms with Gasteiger partial charge in [0.05, 0.1) is 12.0 Å². The van der Waals surface area contributed by atoms with Gasteiger partial charge in [0.25, 0.3) is 0 Å². The molecule has 0 atom stereocenters. The summed E-state index contributed by atoms with van der Waals surface area (Å²) >= 11 is 0. The van der Waals surface area contributed by atoms with Gasteiger partial charge in [-0.1, -0.05) is 0 Å². The van der Waals surface area contributed by atoms with E-state index in [2.05, 4.69) is 27.6 Å². The number of methoxy groups -OCH3 is 1. The highest BCUT2D eigenvalue weighted by atomic mass is 127. The maximum absolute atomic E-state index is 11.3. The van der Waals surface area contributed by atoms with Crippen LogP contribution >= 0.6 is 24.0 Å². The molecule has 0 unspecified atom stereocenters. The Balaban J connectivity index is 0. The van der Waals surface area contributed by atoms with Crippen LogP contribution in [0.2, 0.25) is 0 Å². The molecule has 0 aromatic heterocycles. The van der Waals surface area contributed by atoms with Crippen LogP contribution in [-0.4, -0.2) is 70.3 Å². The van der Waals surface area contributed by atoms with Gasteiger partial charge in [0, 0.05) is 39.9 Å². The number of rotatable bonds is 11. The number of amides is 1. The number of carbonyl (C=O) groups excluding carboxylic acids is 1. The summed E-state index contributed by atoms with van der Waals surface area (Å²) in [7, 11) is 3.80. The molecule has 138 valence electrons. The fourth-order valence-corrected chi connectivity index (χ4v) is 1.65. The summed E-state index contributed by atoms with van der Waals surface area (Å²) in [6.45, 7) is 10.2. The van der Waals surface area contributed by atoms with Crippen molar-refractivity contribution >= 4 is 35.8 Å². The van der Waals surface area contributed by atoms with Crippen molar-refractivity contribution in [1.82, 2.24) is 15.5 Å². The topological polar surface area (TPSA) is 92.0 Å². The van der Waals surface area contributed by atoms with E-state index in [1.165, 1.54) is 0 Å². The summed E-state index contributed by atoms with van der Waals surface area (Å²) in [5, 5.41) is 6.44. The predicted molar refractivity (Wildman–Crippen MR) is 106 cm³/mol. The number of guanidine groups is 1. The molecule has 0 fully saturated rings. The van der Waals surface area contributed by atoms with Crippen LogP contribution < -0.4 is 16.4 Å². The number of hydrogen-bond donors (Lipinski definition) is 3. The molecule has 0 aliphatic rings. The molecule has 0 saturated carbocycles. The standard InChI is InChI=1S/C15H33N5O2.HI/c1-6-17-14(19-12-15(2,3)13(16)21)18-8-10-20(4)9-7-11-22-5;/h6-12H2,1-5H3,(H2,16,21)(H2,17,18,19);1H. The van der Waals surface area contributed by atoms with Gasteiger partial charge in [0.1, 0.15) is 0 Å². The van der Waals surface area contributed by atoms with E-state index in [0.29, 0.717) is 12.5 Å². The zero-order valence-electron chi connectivity index (χ0n) is 15.1. The number of carbonyl (C=O) groups is 1. The van der Waals surface area contributed by atoms with E-state index in [0.717, 1.165) is 39.2 Å². The molecule has 0 saturated heterocycles. The zero-order chi connectivity index (χ0) is 17.0. The Labute approximate surface area is 157 Å². The molecule has 7 nitrogen and oxygen atoms in total. The smallest absolute Gasteiger partial charge is 0.224 e. The van der Waals surface area contributed by atoms with Crippen LogP contribution in [0.1, 0.15) is 27.2 Å². The average Bonchev–Trinajstić information content (AvgIpc) is 2.45. The van der Waals surface area contributed by atoms with E-state index >= 15 is 0 Å². The van der Waals surface area contributed by atoms with Crippen molar-refractivity contribution < 1.29 is 9.53 Å². The van der Waals surface area contributed by atoms with Crippen LogP contribution in [0.25, 0.3) is 0 Å². The average molecular weight is 443 g/mol. The Hall–Kier alpha value is -0.610. The monoisotopic (exact) mass is 443 g/mol. The molecule has 4 N–H and O–H groups in total. The van der Waals surface area contributed by atoms with Crippen molar-refractivity contribution in [3.63, 3.8) is 0 Å². The van der Waals surface area contributed by atoms with Gasteiger partial charge in [-0.3, -0.25) is 9.79 Å². The Bertz CT molecular complexity index is 351. The van der Waals surface area contributed by atoms with Gasteiger partial charge in [0.15, 0.2) is 5.96 Å². The molecule has 0 rings (SSSR count). The molecule has 0 bridgehead atoms. The van der Waals surface area contributed by atoms with Gasteiger partial charge in [-0.2, -0.15) is 0 Å². The van der Waals surface area contributed by atoms with E-state index in [9.17, 15) is 4.79 Å². The summed E-state index contributed by atoms with van der Waals surface area (Å²) in [5.41, 5.74) is 4.72. The first kappa shape index (κ1) is 24.6. The molecule has 0 aromatic rings. The second kappa shape index (κ2) is 13.8. The van der Waals surface area contributed by atoms with Crippen molar-refractivity contribution in [3.05, 3.63) is 0 Å². The summed E-state index contributed by atoms with van der Waals surface area (Å²) in [4.78, 5) is 18.0. The van der Waals surface area contributed by atoms with Gasteiger partial charge in [0.2, 0.25) is 5.91 Å². The molecule has 1 amide bonds. The summed E-state index contributed by atoms with van der Waals surface area (Å²) in [6, 6.07) is 0. The third-order valence-corrected chi connectivity index (χ3v) is 3.32. The number of hydrogen-bond acceptors (Lipinski definition) is 4. The van der Waals surface area contributed by atoms with Gasteiger partial charge in [-0.15, -0.1) is 24.0 Å². The lowest BCUT2D eigenvalue weighted by Gasteiger charge is -2.20. The van der Waals surface area contributed by atoms with Crippen LogP contribution in [0.5, 0.6) is 0 Å². The fourth-order valence-electron chi connectivity index (χ4n) is 1.65. The number of aliphatic imine (C=N–C) groups is 1. The van der Waals surface area contributed by atoms with E-state index in [1.807, 2.05) is 6.92 Å². The lowest BCUT2D eigenvalue weighted by atomic mass is 9.93. The summed E-state index contributed by atoms with van der Waals surface area (Å²) < 4.78 is 5.04. The predicted octanol–water partition coefficient (Wildman–Crippen LogP) is 0.639. The first-order valence-electron chi connectivity index (χ1n) is 7.83. The molecule has 23 heavy (non-hydrogen) atoms. The van der Waals surface area contributed by atoms with Crippen LogP contribution in [0.15, 0.2) is 4.99 Å². The minimum Gasteiger partial charge on any atom is -0.385 e. The minimum atomic E-state index is -0.640. The molecule has 0 aromatic carbocycles. The van der Waals surface area contributed by atoms with Gasteiger partial charge < -0.3 is 26.0 Å². The lowest BCUT2D eigenvalue weighted by molar-refractivity contribution is -0.125. The normalized spacial score (nSPS) is 12.0. The maximum Gasteiger partial charge on any atom is 0.224 e. The van der Waals surface area contributed by atoms with E-state index in [4.69, 9.17) is 10.5 Å². The Morgan fingerprint density at radius 3 is 2.48 bits per heavy atom. The van der Waals surface area contributed by atoms with Crippen molar-refractivity contribution in [2.75, 3.05) is 53.5 Å². The van der Waals surface area contributed by atoms with Crippen LogP contribution in [0.4, 0.5) is 0 Å². The van der Waals surface area contributed by atoms with Crippen LogP contribution in [0, 0.1) is 5.41 Å². The molecule has 0 spiro atoms. The molecule has 0 heterocycles. The minimum absolute atomic E-state index is 0. The molecular weight excluding hydrogens is 409 g/mol. The summed E-state index contributed by atoms with van der Waals surface area (Å²) in [5.74, 6) is 0.368. The van der Waals surface area contributed by atoms with E-state index < -0.39 is 5.41 Å². The highest BCUT2D eigenvalue weighted by molar-refractivity contribution is 14.0. The molecule has 0 radical (unpaired) electrons. The van der Waals surface area contributed by atoms with E-state index in [1.54, 1.807) is 21.0 Å². The molecule has 0 aliphatic heterocycles.